The first-order chi connectivity index (χ1) is 7.75. The summed E-state index contributed by atoms with van der Waals surface area (Å²) in [5, 5.41) is 0. The van der Waals surface area contributed by atoms with E-state index < -0.39 is 0 Å². The fraction of sp³-hybridized carbons (Fsp3) is 0.636. The van der Waals surface area contributed by atoms with Gasteiger partial charge in [-0.05, 0) is 45.3 Å². The normalized spacial score (nSPS) is 16.8. The molecule has 0 spiro atoms. The van der Waals surface area contributed by atoms with Crippen molar-refractivity contribution in [1.82, 2.24) is 14.9 Å². The third-order valence-electron chi connectivity index (χ3n) is 3.04. The number of hydrogen-bond donors (Lipinski definition) is 2. The van der Waals surface area contributed by atoms with Crippen molar-refractivity contribution in [3.63, 3.8) is 0 Å². The summed E-state index contributed by atoms with van der Waals surface area (Å²) in [6.45, 7) is 3.63. The van der Waals surface area contributed by atoms with Gasteiger partial charge in [-0.2, -0.15) is 4.98 Å². The van der Waals surface area contributed by atoms with E-state index >= 15 is 0 Å². The standard InChI is InChI=1S/C11H19N5/c12-10-9(8-14-11(13)15-10)4-3-7-16-5-1-2-6-16/h8H,1-7H2,(H4,12,13,14,15). The molecule has 1 aromatic rings. The first-order valence-corrected chi connectivity index (χ1v) is 5.85. The van der Waals surface area contributed by atoms with Gasteiger partial charge in [-0.15, -0.1) is 0 Å². The number of rotatable bonds is 4. The molecule has 0 unspecified atom stereocenters. The van der Waals surface area contributed by atoms with Gasteiger partial charge in [-0.3, -0.25) is 0 Å². The maximum absolute atomic E-state index is 5.77. The smallest absolute Gasteiger partial charge is 0.221 e. The third kappa shape index (κ3) is 2.82. The van der Waals surface area contributed by atoms with Crippen LogP contribution in [0.25, 0.3) is 0 Å². The van der Waals surface area contributed by atoms with Crippen LogP contribution in [0, 0.1) is 0 Å². The highest BCUT2D eigenvalue weighted by atomic mass is 15.1. The van der Waals surface area contributed by atoms with E-state index in [2.05, 4.69) is 14.9 Å². The lowest BCUT2D eigenvalue weighted by Crippen LogP contribution is -2.20. The molecule has 1 aliphatic heterocycles. The topological polar surface area (TPSA) is 81.1 Å². The summed E-state index contributed by atoms with van der Waals surface area (Å²) >= 11 is 0. The lowest BCUT2D eigenvalue weighted by Gasteiger charge is -2.14. The Morgan fingerprint density at radius 1 is 1.25 bits per heavy atom. The molecule has 0 amide bonds. The predicted octanol–water partition coefficient (Wildman–Crippen LogP) is 0.669. The largest absolute Gasteiger partial charge is 0.383 e. The summed E-state index contributed by atoms with van der Waals surface area (Å²) < 4.78 is 0. The van der Waals surface area contributed by atoms with Crippen LogP contribution in [0.2, 0.25) is 0 Å². The molecule has 0 bridgehead atoms. The lowest BCUT2D eigenvalue weighted by atomic mass is 10.1. The van der Waals surface area contributed by atoms with Crippen molar-refractivity contribution in [3.05, 3.63) is 11.8 Å². The molecule has 1 saturated heterocycles. The molecule has 1 fully saturated rings. The van der Waals surface area contributed by atoms with Crippen LogP contribution in [0.4, 0.5) is 11.8 Å². The van der Waals surface area contributed by atoms with E-state index in [1.165, 1.54) is 25.9 Å². The number of nitrogens with two attached hydrogens (primary N) is 2. The summed E-state index contributed by atoms with van der Waals surface area (Å²) in [4.78, 5) is 10.4. The van der Waals surface area contributed by atoms with Crippen LogP contribution < -0.4 is 11.5 Å². The van der Waals surface area contributed by atoms with Crippen LogP contribution >= 0.6 is 0 Å². The van der Waals surface area contributed by atoms with Crippen molar-refractivity contribution in [2.75, 3.05) is 31.1 Å². The van der Waals surface area contributed by atoms with Gasteiger partial charge in [-0.25, -0.2) is 4.98 Å². The Morgan fingerprint density at radius 2 is 2.00 bits per heavy atom. The van der Waals surface area contributed by atoms with E-state index in [9.17, 15) is 0 Å². The number of aryl methyl sites for hydroxylation is 1. The van der Waals surface area contributed by atoms with Gasteiger partial charge in [0.15, 0.2) is 0 Å². The zero-order valence-electron chi connectivity index (χ0n) is 9.52. The Morgan fingerprint density at radius 3 is 2.69 bits per heavy atom. The zero-order chi connectivity index (χ0) is 11.4. The van der Waals surface area contributed by atoms with E-state index in [0.717, 1.165) is 24.9 Å². The number of likely N-dealkylation sites (tertiary alicyclic amines) is 1. The molecule has 0 saturated carbocycles. The zero-order valence-corrected chi connectivity index (χ0v) is 9.52. The molecule has 1 aromatic heterocycles. The van der Waals surface area contributed by atoms with Gasteiger partial charge in [0.25, 0.3) is 0 Å². The number of hydrogen-bond acceptors (Lipinski definition) is 5. The van der Waals surface area contributed by atoms with Gasteiger partial charge in [0.05, 0.1) is 0 Å². The molecular weight excluding hydrogens is 202 g/mol. The van der Waals surface area contributed by atoms with Gasteiger partial charge < -0.3 is 16.4 Å². The fourth-order valence-electron chi connectivity index (χ4n) is 2.13. The molecule has 1 aliphatic rings. The van der Waals surface area contributed by atoms with Gasteiger partial charge in [0.2, 0.25) is 5.95 Å². The Labute approximate surface area is 95.9 Å². The highest BCUT2D eigenvalue weighted by Gasteiger charge is 2.11. The monoisotopic (exact) mass is 221 g/mol. The summed E-state index contributed by atoms with van der Waals surface area (Å²) in [7, 11) is 0. The van der Waals surface area contributed by atoms with Crippen LogP contribution in [0.3, 0.4) is 0 Å². The number of aromatic nitrogens is 2. The second kappa shape index (κ2) is 5.12. The highest BCUT2D eigenvalue weighted by molar-refractivity contribution is 5.41. The fourth-order valence-corrected chi connectivity index (χ4v) is 2.13. The summed E-state index contributed by atoms with van der Waals surface area (Å²) in [5.41, 5.74) is 12.2. The van der Waals surface area contributed by atoms with E-state index in [0.29, 0.717) is 5.82 Å². The molecular formula is C11H19N5. The molecule has 2 heterocycles. The average molecular weight is 221 g/mol. The highest BCUT2D eigenvalue weighted by Crippen LogP contribution is 2.13. The van der Waals surface area contributed by atoms with Crippen LogP contribution in [0.15, 0.2) is 6.20 Å². The number of nitrogens with zero attached hydrogens (tertiary/aromatic N) is 3. The van der Waals surface area contributed by atoms with Crippen molar-refractivity contribution < 1.29 is 0 Å². The van der Waals surface area contributed by atoms with Crippen LogP contribution in [-0.4, -0.2) is 34.5 Å². The van der Waals surface area contributed by atoms with Crippen molar-refractivity contribution in [3.8, 4) is 0 Å². The Balaban J connectivity index is 1.80. The van der Waals surface area contributed by atoms with Gasteiger partial charge in [0, 0.05) is 11.8 Å². The predicted molar refractivity (Wildman–Crippen MR) is 64.9 cm³/mol. The van der Waals surface area contributed by atoms with Crippen molar-refractivity contribution in [2.24, 2.45) is 0 Å². The van der Waals surface area contributed by atoms with E-state index in [1.807, 2.05) is 0 Å². The molecule has 16 heavy (non-hydrogen) atoms. The van der Waals surface area contributed by atoms with Crippen molar-refractivity contribution >= 4 is 11.8 Å². The minimum absolute atomic E-state index is 0.251. The lowest BCUT2D eigenvalue weighted by molar-refractivity contribution is 0.334. The Bertz CT molecular complexity index is 346. The molecule has 5 nitrogen and oxygen atoms in total. The molecule has 5 heteroatoms. The number of nitrogen functional groups attached to an aromatic ring is 2. The summed E-state index contributed by atoms with van der Waals surface area (Å²) in [6, 6.07) is 0. The maximum atomic E-state index is 5.77. The van der Waals surface area contributed by atoms with Gasteiger partial charge >= 0.3 is 0 Å². The second-order valence-electron chi connectivity index (χ2n) is 4.29. The molecule has 88 valence electrons. The third-order valence-corrected chi connectivity index (χ3v) is 3.04. The quantitative estimate of drug-likeness (QED) is 0.781. The second-order valence-corrected chi connectivity index (χ2v) is 4.29. The first kappa shape index (κ1) is 11.1. The first-order valence-electron chi connectivity index (χ1n) is 5.85. The minimum Gasteiger partial charge on any atom is -0.383 e. The average Bonchev–Trinajstić information content (AvgIpc) is 2.74. The van der Waals surface area contributed by atoms with Gasteiger partial charge in [-0.1, -0.05) is 0 Å². The Hall–Kier alpha value is -1.36. The Kier molecular flexibility index (Phi) is 3.56. The minimum atomic E-state index is 0.251. The molecule has 0 atom stereocenters. The molecule has 0 aliphatic carbocycles. The molecule has 0 aromatic carbocycles. The molecule has 0 radical (unpaired) electrons. The van der Waals surface area contributed by atoms with Crippen LogP contribution in [0.5, 0.6) is 0 Å². The van der Waals surface area contributed by atoms with Crippen LogP contribution in [0.1, 0.15) is 24.8 Å². The van der Waals surface area contributed by atoms with E-state index in [4.69, 9.17) is 11.5 Å². The summed E-state index contributed by atoms with van der Waals surface area (Å²) in [6.07, 6.45) is 6.46. The maximum Gasteiger partial charge on any atom is 0.221 e. The molecule has 2 rings (SSSR count). The SMILES string of the molecule is Nc1ncc(CCCN2CCCC2)c(N)n1. The summed E-state index contributed by atoms with van der Waals surface area (Å²) in [5.74, 6) is 0.773. The van der Waals surface area contributed by atoms with E-state index in [1.54, 1.807) is 6.20 Å². The number of anilines is 2. The van der Waals surface area contributed by atoms with E-state index in [-0.39, 0.29) is 5.95 Å². The van der Waals surface area contributed by atoms with Gasteiger partial charge in [0.1, 0.15) is 5.82 Å². The van der Waals surface area contributed by atoms with Crippen molar-refractivity contribution in [1.29, 1.82) is 0 Å². The molecule has 4 N–H and O–H groups in total. The van der Waals surface area contributed by atoms with Crippen molar-refractivity contribution in [2.45, 2.75) is 25.7 Å². The van der Waals surface area contributed by atoms with Crippen LogP contribution in [-0.2, 0) is 6.42 Å².